The molecular weight excluding hydrogens is 296 g/mol. The van der Waals surface area contributed by atoms with Crippen molar-refractivity contribution >= 4 is 0 Å². The van der Waals surface area contributed by atoms with Crippen LogP contribution in [0.15, 0.2) is 0 Å². The lowest BCUT2D eigenvalue weighted by molar-refractivity contribution is 0.0904. The Kier molecular flexibility index (Phi) is 13.0. The minimum Gasteiger partial charge on any atom is -0.330 e. The molecule has 146 valence electrons. The second kappa shape index (κ2) is 13.1. The van der Waals surface area contributed by atoms with Gasteiger partial charge in [0.2, 0.25) is 0 Å². The van der Waals surface area contributed by atoms with Crippen LogP contribution in [0.1, 0.15) is 91.4 Å². The van der Waals surface area contributed by atoms with Gasteiger partial charge in [-0.25, -0.2) is 0 Å². The van der Waals surface area contributed by atoms with Gasteiger partial charge in [0.1, 0.15) is 0 Å². The fraction of sp³-hybridized carbons (Fsp3) is 1.00. The molecule has 1 rings (SSSR count). The summed E-state index contributed by atoms with van der Waals surface area (Å²) in [5, 5.41) is 0. The van der Waals surface area contributed by atoms with Crippen molar-refractivity contribution in [3.05, 3.63) is 0 Å². The van der Waals surface area contributed by atoms with Gasteiger partial charge in [-0.1, -0.05) is 59.3 Å². The first kappa shape index (κ1) is 23.8. The molecule has 2 unspecified atom stereocenters. The smallest absolute Gasteiger partial charge is 0.00495 e. The number of nitrogens with two attached hydrogens (primary N) is 4. The molecule has 24 heavy (non-hydrogen) atoms. The summed E-state index contributed by atoms with van der Waals surface area (Å²) in [6.45, 7) is 9.32. The molecule has 1 fully saturated rings. The van der Waals surface area contributed by atoms with Crippen LogP contribution < -0.4 is 22.9 Å². The molecule has 1 aliphatic carbocycles. The van der Waals surface area contributed by atoms with Crippen LogP contribution in [-0.2, 0) is 0 Å². The summed E-state index contributed by atoms with van der Waals surface area (Å²) in [5.74, 6) is 0. The van der Waals surface area contributed by atoms with E-state index in [1.165, 1.54) is 57.8 Å². The fourth-order valence-corrected chi connectivity index (χ4v) is 4.22. The number of hydrogen-bond acceptors (Lipinski definition) is 4. The zero-order chi connectivity index (χ0) is 18.5. The Morgan fingerprint density at radius 3 is 1.46 bits per heavy atom. The molecule has 2 atom stereocenters. The Balaban J connectivity index is 0.000000441. The normalized spacial score (nSPS) is 25.9. The number of hydrogen-bond donors (Lipinski definition) is 4. The third kappa shape index (κ3) is 12.2. The molecule has 0 spiro atoms. The zero-order valence-corrected chi connectivity index (χ0v) is 16.8. The van der Waals surface area contributed by atoms with Crippen molar-refractivity contribution < 1.29 is 0 Å². The lowest BCUT2D eigenvalue weighted by Crippen LogP contribution is -2.45. The number of rotatable bonds is 10. The van der Waals surface area contributed by atoms with Crippen molar-refractivity contribution in [2.45, 2.75) is 97.4 Å². The van der Waals surface area contributed by atoms with Gasteiger partial charge in [0, 0.05) is 6.04 Å². The predicted molar refractivity (Wildman–Crippen MR) is 108 cm³/mol. The van der Waals surface area contributed by atoms with E-state index in [0.29, 0.717) is 11.5 Å². The van der Waals surface area contributed by atoms with E-state index in [0.717, 1.165) is 32.5 Å². The highest BCUT2D eigenvalue weighted by Gasteiger charge is 2.38. The van der Waals surface area contributed by atoms with Gasteiger partial charge in [0.15, 0.2) is 0 Å². The standard InChI is InChI=1S/C10H22N2.C10H24N2/c1-9(2)4-8(12)5-10(3,6-9)7-11;11-9-7-5-3-1-2-4-6-8-10-12/h8H,4-7,11-12H2,1-3H3;1-12H2. The van der Waals surface area contributed by atoms with Crippen LogP contribution in [0.5, 0.6) is 0 Å². The summed E-state index contributed by atoms with van der Waals surface area (Å²) in [5.41, 5.74) is 23.2. The van der Waals surface area contributed by atoms with Gasteiger partial charge in [-0.05, 0) is 62.6 Å². The molecule has 4 nitrogen and oxygen atoms in total. The van der Waals surface area contributed by atoms with Crippen LogP contribution in [0.3, 0.4) is 0 Å². The highest BCUT2D eigenvalue weighted by atomic mass is 14.7. The molecule has 0 aromatic heterocycles. The molecule has 0 heterocycles. The van der Waals surface area contributed by atoms with E-state index >= 15 is 0 Å². The maximum absolute atomic E-state index is 6.01. The van der Waals surface area contributed by atoms with E-state index in [1.807, 2.05) is 0 Å². The average molecular weight is 343 g/mol. The first-order chi connectivity index (χ1) is 11.3. The second-order valence-electron chi connectivity index (χ2n) is 8.93. The summed E-state index contributed by atoms with van der Waals surface area (Å²) in [6, 6.07) is 0.349. The van der Waals surface area contributed by atoms with Crippen molar-refractivity contribution in [2.75, 3.05) is 19.6 Å². The molecule has 0 aromatic rings. The molecule has 8 N–H and O–H groups in total. The Morgan fingerprint density at radius 2 is 1.12 bits per heavy atom. The highest BCUT2D eigenvalue weighted by molar-refractivity contribution is 4.93. The van der Waals surface area contributed by atoms with E-state index in [9.17, 15) is 0 Å². The quantitative estimate of drug-likeness (QED) is 0.456. The molecule has 0 amide bonds. The van der Waals surface area contributed by atoms with Gasteiger partial charge >= 0.3 is 0 Å². The Hall–Kier alpha value is -0.160. The number of unbranched alkanes of at least 4 members (excludes halogenated alkanes) is 7. The average Bonchev–Trinajstić information content (AvgIpc) is 2.48. The van der Waals surface area contributed by atoms with Crippen molar-refractivity contribution in [3.8, 4) is 0 Å². The molecule has 0 aliphatic heterocycles. The van der Waals surface area contributed by atoms with Gasteiger partial charge in [-0.15, -0.1) is 0 Å². The van der Waals surface area contributed by atoms with E-state index in [4.69, 9.17) is 22.9 Å². The van der Waals surface area contributed by atoms with Crippen molar-refractivity contribution in [2.24, 2.45) is 33.8 Å². The molecule has 1 saturated carbocycles. The third-order valence-electron chi connectivity index (χ3n) is 5.13. The summed E-state index contributed by atoms with van der Waals surface area (Å²) >= 11 is 0. The first-order valence-corrected chi connectivity index (χ1v) is 10.1. The van der Waals surface area contributed by atoms with Crippen LogP contribution in [-0.4, -0.2) is 25.7 Å². The molecule has 4 heteroatoms. The molecule has 0 bridgehead atoms. The minimum atomic E-state index is 0.279. The fourth-order valence-electron chi connectivity index (χ4n) is 4.22. The van der Waals surface area contributed by atoms with Crippen LogP contribution >= 0.6 is 0 Å². The van der Waals surface area contributed by atoms with Crippen molar-refractivity contribution in [1.29, 1.82) is 0 Å². The SMILES string of the molecule is CC1(C)CC(N)CC(C)(CN)C1.NCCCCCCCCCCN. The van der Waals surface area contributed by atoms with E-state index in [2.05, 4.69) is 20.8 Å². The maximum Gasteiger partial charge on any atom is 0.00495 e. The second-order valence-corrected chi connectivity index (χ2v) is 8.93. The lowest BCUT2D eigenvalue weighted by atomic mass is 9.63. The van der Waals surface area contributed by atoms with E-state index < -0.39 is 0 Å². The topological polar surface area (TPSA) is 104 Å². The van der Waals surface area contributed by atoms with E-state index in [1.54, 1.807) is 0 Å². The third-order valence-corrected chi connectivity index (χ3v) is 5.13. The van der Waals surface area contributed by atoms with E-state index in [-0.39, 0.29) is 5.41 Å². The molecule has 0 radical (unpaired) electrons. The van der Waals surface area contributed by atoms with Gasteiger partial charge in [0.25, 0.3) is 0 Å². The molecular formula is C20H46N4. The van der Waals surface area contributed by atoms with Crippen molar-refractivity contribution in [3.63, 3.8) is 0 Å². The lowest BCUT2D eigenvalue weighted by Gasteiger charge is -2.45. The Bertz CT molecular complexity index is 283. The van der Waals surface area contributed by atoms with Gasteiger partial charge in [-0.2, -0.15) is 0 Å². The van der Waals surface area contributed by atoms with Gasteiger partial charge in [-0.3, -0.25) is 0 Å². The summed E-state index contributed by atoms with van der Waals surface area (Å²) in [6.07, 6.45) is 13.9. The Morgan fingerprint density at radius 1 is 0.708 bits per heavy atom. The summed E-state index contributed by atoms with van der Waals surface area (Å²) in [7, 11) is 0. The molecule has 0 aromatic carbocycles. The van der Waals surface area contributed by atoms with Crippen molar-refractivity contribution in [1.82, 2.24) is 0 Å². The van der Waals surface area contributed by atoms with Crippen LogP contribution in [0.4, 0.5) is 0 Å². The maximum atomic E-state index is 6.01. The van der Waals surface area contributed by atoms with Crippen LogP contribution in [0.25, 0.3) is 0 Å². The van der Waals surface area contributed by atoms with Gasteiger partial charge in [0.05, 0.1) is 0 Å². The minimum absolute atomic E-state index is 0.279. The largest absolute Gasteiger partial charge is 0.330 e. The Labute approximate surface area is 151 Å². The summed E-state index contributed by atoms with van der Waals surface area (Å²) in [4.78, 5) is 0. The molecule has 0 saturated heterocycles. The van der Waals surface area contributed by atoms with Gasteiger partial charge < -0.3 is 22.9 Å². The highest BCUT2D eigenvalue weighted by Crippen LogP contribution is 2.44. The zero-order valence-electron chi connectivity index (χ0n) is 16.8. The monoisotopic (exact) mass is 342 g/mol. The molecule has 1 aliphatic rings. The predicted octanol–water partition coefficient (Wildman–Crippen LogP) is 3.51. The van der Waals surface area contributed by atoms with Crippen LogP contribution in [0, 0.1) is 10.8 Å². The van der Waals surface area contributed by atoms with Crippen LogP contribution in [0.2, 0.25) is 0 Å². The first-order valence-electron chi connectivity index (χ1n) is 10.1. The summed E-state index contributed by atoms with van der Waals surface area (Å²) < 4.78 is 0.